The average Bonchev–Trinajstić information content (AvgIpc) is 3.39. The zero-order valence-corrected chi connectivity index (χ0v) is 22.2. The molecular weight excluding hydrogens is 522 g/mol. The first-order chi connectivity index (χ1) is 18.8. The molecule has 39 heavy (non-hydrogen) atoms. The highest BCUT2D eigenvalue weighted by atomic mass is 32.2. The number of nitrogens with zero attached hydrogens (tertiary/aromatic N) is 2. The van der Waals surface area contributed by atoms with Crippen molar-refractivity contribution in [3.63, 3.8) is 0 Å². The molecule has 204 valence electrons. The fourth-order valence-electron chi connectivity index (χ4n) is 4.36. The van der Waals surface area contributed by atoms with Gasteiger partial charge in [-0.2, -0.15) is 0 Å². The predicted octanol–water partition coefficient (Wildman–Crippen LogP) is 5.10. The van der Waals surface area contributed by atoms with Gasteiger partial charge < -0.3 is 20.6 Å². The number of carboxylic acid groups (broad SMARTS) is 1. The third kappa shape index (κ3) is 7.95. The molecule has 0 fully saturated rings. The van der Waals surface area contributed by atoms with Crippen molar-refractivity contribution in [1.29, 1.82) is 0 Å². The van der Waals surface area contributed by atoms with Crippen LogP contribution in [0.1, 0.15) is 23.6 Å². The normalized spacial score (nSPS) is 13.6. The topological polar surface area (TPSA) is 114 Å². The maximum Gasteiger partial charge on any atom is 0.317 e. The van der Waals surface area contributed by atoms with Gasteiger partial charge in [-0.1, -0.05) is 49.4 Å². The molecule has 7 nitrogen and oxygen atoms in total. The molecule has 0 aliphatic carbocycles. The van der Waals surface area contributed by atoms with Crippen molar-refractivity contribution >= 4 is 17.7 Å². The van der Waals surface area contributed by atoms with E-state index in [-0.39, 0.29) is 24.1 Å². The number of aryl methyl sites for hydroxylation is 1. The molecule has 3 atom stereocenters. The van der Waals surface area contributed by atoms with Crippen LogP contribution in [0.2, 0.25) is 0 Å². The smallest absolute Gasteiger partial charge is 0.317 e. The van der Waals surface area contributed by atoms with Gasteiger partial charge >= 0.3 is 5.97 Å². The molecule has 1 heterocycles. The van der Waals surface area contributed by atoms with Crippen molar-refractivity contribution in [3.8, 4) is 11.5 Å². The van der Waals surface area contributed by atoms with Gasteiger partial charge in [0.25, 0.3) is 5.22 Å². The molecule has 0 amide bonds. The van der Waals surface area contributed by atoms with Gasteiger partial charge in [0.1, 0.15) is 16.9 Å². The summed E-state index contributed by atoms with van der Waals surface area (Å²) in [7, 11) is 0. The van der Waals surface area contributed by atoms with Gasteiger partial charge in [0, 0.05) is 36.7 Å². The lowest BCUT2D eigenvalue weighted by Crippen LogP contribution is -2.46. The highest BCUT2D eigenvalue weighted by Gasteiger charge is 2.35. The van der Waals surface area contributed by atoms with Crippen molar-refractivity contribution < 1.29 is 23.1 Å². The Morgan fingerprint density at radius 3 is 2.41 bits per heavy atom. The van der Waals surface area contributed by atoms with Crippen LogP contribution in [0.15, 0.2) is 82.4 Å². The minimum atomic E-state index is -1.11. The first-order valence-electron chi connectivity index (χ1n) is 12.6. The Balaban J connectivity index is 1.55. The van der Waals surface area contributed by atoms with Gasteiger partial charge in [0.15, 0.2) is 0 Å². The fourth-order valence-corrected chi connectivity index (χ4v) is 5.37. The summed E-state index contributed by atoms with van der Waals surface area (Å²) in [4.78, 5) is 12.5. The highest BCUT2D eigenvalue weighted by molar-refractivity contribution is 8.00. The third-order valence-corrected chi connectivity index (χ3v) is 7.51. The number of hydrogen-bond acceptors (Lipinski definition) is 7. The Hall–Kier alpha value is -3.60. The van der Waals surface area contributed by atoms with E-state index in [0.717, 1.165) is 29.8 Å². The van der Waals surface area contributed by atoms with Crippen molar-refractivity contribution in [2.75, 3.05) is 6.54 Å². The molecule has 0 spiro atoms. The van der Waals surface area contributed by atoms with E-state index in [1.807, 2.05) is 48.5 Å². The molecule has 0 bridgehead atoms. The van der Waals surface area contributed by atoms with Crippen LogP contribution in [0.3, 0.4) is 0 Å². The molecule has 2 unspecified atom stereocenters. The Morgan fingerprint density at radius 2 is 1.72 bits per heavy atom. The van der Waals surface area contributed by atoms with Gasteiger partial charge in [0.05, 0.1) is 0 Å². The van der Waals surface area contributed by atoms with Crippen molar-refractivity contribution in [2.24, 2.45) is 11.7 Å². The lowest BCUT2D eigenvalue weighted by Gasteiger charge is -2.29. The number of rotatable bonds is 13. The number of carboxylic acids is 1. The van der Waals surface area contributed by atoms with Crippen LogP contribution >= 0.6 is 11.8 Å². The van der Waals surface area contributed by atoms with Gasteiger partial charge in [-0.15, -0.1) is 10.2 Å². The van der Waals surface area contributed by atoms with Crippen LogP contribution in [-0.4, -0.2) is 39.1 Å². The second-order valence-electron chi connectivity index (χ2n) is 9.23. The quantitative estimate of drug-likeness (QED) is 0.196. The van der Waals surface area contributed by atoms with Crippen molar-refractivity contribution in [1.82, 2.24) is 15.5 Å². The third-order valence-electron chi connectivity index (χ3n) is 6.34. The van der Waals surface area contributed by atoms with E-state index in [1.54, 1.807) is 0 Å². The molecular formula is C29H30F2N4O3S. The predicted molar refractivity (Wildman–Crippen MR) is 146 cm³/mol. The second kappa shape index (κ2) is 13.5. The molecule has 1 aromatic heterocycles. The van der Waals surface area contributed by atoms with Gasteiger partial charge in [0.2, 0.25) is 5.89 Å². The fraction of sp³-hybridized carbons (Fsp3) is 0.276. The van der Waals surface area contributed by atoms with Crippen LogP contribution < -0.4 is 11.1 Å². The minimum absolute atomic E-state index is 0.0792. The van der Waals surface area contributed by atoms with E-state index in [4.69, 9.17) is 10.2 Å². The second-order valence-corrected chi connectivity index (χ2v) is 10.3. The Labute approximate surface area is 229 Å². The summed E-state index contributed by atoms with van der Waals surface area (Å²) < 4.78 is 33.4. The van der Waals surface area contributed by atoms with Crippen LogP contribution in [0.4, 0.5) is 8.78 Å². The maximum atomic E-state index is 13.8. The molecule has 4 rings (SSSR count). The number of nitrogens with two attached hydrogens (primary N) is 1. The molecule has 0 saturated heterocycles. The lowest BCUT2D eigenvalue weighted by atomic mass is 9.90. The van der Waals surface area contributed by atoms with Gasteiger partial charge in [-0.05, 0) is 65.6 Å². The lowest BCUT2D eigenvalue weighted by molar-refractivity contribution is -0.137. The van der Waals surface area contributed by atoms with E-state index >= 15 is 0 Å². The van der Waals surface area contributed by atoms with E-state index in [1.165, 1.54) is 17.7 Å². The molecule has 3 aromatic carbocycles. The summed E-state index contributed by atoms with van der Waals surface area (Å²) >= 11 is 0.910. The van der Waals surface area contributed by atoms with Gasteiger partial charge in [-0.3, -0.25) is 4.79 Å². The molecule has 0 aliphatic heterocycles. The first kappa shape index (κ1) is 28.4. The number of hydrogen-bond donors (Lipinski definition) is 3. The SMILES string of the molecule is CCc1cccc(CNCC(C(N)Cc2cc(F)cc(F)c2)[C@H](Sc2nnc(-c3ccccc3)o2)C(=O)O)c1. The average molecular weight is 553 g/mol. The number of halogens is 2. The number of aliphatic carboxylic acids is 1. The molecule has 0 saturated carbocycles. The summed E-state index contributed by atoms with van der Waals surface area (Å²) in [6.07, 6.45) is 0.980. The first-order valence-corrected chi connectivity index (χ1v) is 13.5. The Morgan fingerprint density at radius 1 is 1.00 bits per heavy atom. The largest absolute Gasteiger partial charge is 0.480 e. The summed E-state index contributed by atoms with van der Waals surface area (Å²) in [5.74, 6) is -2.93. The van der Waals surface area contributed by atoms with E-state index in [9.17, 15) is 18.7 Å². The van der Waals surface area contributed by atoms with Crippen LogP contribution in [0.25, 0.3) is 11.5 Å². The van der Waals surface area contributed by atoms with Crippen LogP contribution in [0, 0.1) is 17.6 Å². The summed E-state index contributed by atoms with van der Waals surface area (Å²) in [5, 5.41) is 20.6. The van der Waals surface area contributed by atoms with Crippen LogP contribution in [0.5, 0.6) is 0 Å². The molecule has 0 aliphatic rings. The summed E-state index contributed by atoms with van der Waals surface area (Å²) in [6.45, 7) is 2.81. The zero-order valence-electron chi connectivity index (χ0n) is 21.4. The van der Waals surface area contributed by atoms with E-state index in [2.05, 4.69) is 28.5 Å². The standard InChI is InChI=1S/C29H30F2N4O3S/c1-2-18-7-6-8-19(11-18)16-33-17-24(25(32)14-20-12-22(30)15-23(31)13-20)26(28(36)37)39-29-35-34-27(38-29)21-9-4-3-5-10-21/h3-13,15,24-26,33H,2,14,16-17,32H2,1H3,(H,36,37)/t24?,25?,26-/m0/s1. The maximum absolute atomic E-state index is 13.8. The number of thioether (sulfide) groups is 1. The number of benzene rings is 3. The number of aromatic nitrogens is 2. The van der Waals surface area contributed by atoms with Crippen LogP contribution in [-0.2, 0) is 24.2 Å². The summed E-state index contributed by atoms with van der Waals surface area (Å²) in [6, 6.07) is 19.7. The van der Waals surface area contributed by atoms with Crippen molar-refractivity contribution in [3.05, 3.63) is 101 Å². The van der Waals surface area contributed by atoms with E-state index in [0.29, 0.717) is 17.7 Å². The minimum Gasteiger partial charge on any atom is -0.480 e. The zero-order chi connectivity index (χ0) is 27.8. The van der Waals surface area contributed by atoms with E-state index < -0.39 is 34.8 Å². The highest BCUT2D eigenvalue weighted by Crippen LogP contribution is 2.32. The van der Waals surface area contributed by atoms with Gasteiger partial charge in [-0.25, -0.2) is 8.78 Å². The number of carbonyl (C=O) groups is 1. The molecule has 0 radical (unpaired) electrons. The monoisotopic (exact) mass is 552 g/mol. The Bertz CT molecular complexity index is 1370. The molecule has 4 N–H and O–H groups in total. The molecule has 4 aromatic rings. The number of nitrogens with one attached hydrogen (secondary N) is 1. The molecule has 10 heteroatoms. The Kier molecular flexibility index (Phi) is 9.80. The van der Waals surface area contributed by atoms with Crippen molar-refractivity contribution in [2.45, 2.75) is 42.8 Å². The summed E-state index contributed by atoms with van der Waals surface area (Å²) in [5.41, 5.74) is 9.84.